The lowest BCUT2D eigenvalue weighted by molar-refractivity contribution is -0.250. The van der Waals surface area contributed by atoms with Crippen molar-refractivity contribution >= 4 is 11.8 Å². The molecule has 31 heavy (non-hydrogen) atoms. The molecule has 1 aliphatic carbocycles. The minimum absolute atomic E-state index is 0.105. The molecule has 0 saturated carbocycles. The molecule has 0 radical (unpaired) electrons. The van der Waals surface area contributed by atoms with E-state index in [0.29, 0.717) is 11.1 Å². The molecule has 3 rings (SSSR count). The van der Waals surface area contributed by atoms with E-state index >= 15 is 0 Å². The van der Waals surface area contributed by atoms with E-state index < -0.39 is 60.3 Å². The number of carbonyl (C=O) groups excluding carboxylic acids is 2. The van der Waals surface area contributed by atoms with Crippen LogP contribution < -0.4 is 11.5 Å². The highest BCUT2D eigenvalue weighted by atomic mass is 16.5. The Morgan fingerprint density at radius 3 is 2.32 bits per heavy atom. The largest absolute Gasteiger partial charge is 0.394 e. The molecule has 2 amide bonds. The van der Waals surface area contributed by atoms with Crippen LogP contribution in [0.15, 0.2) is 36.4 Å². The van der Waals surface area contributed by atoms with Gasteiger partial charge in [0.1, 0.15) is 24.4 Å². The Morgan fingerprint density at radius 2 is 1.74 bits per heavy atom. The molecular weight excluding hydrogens is 404 g/mol. The van der Waals surface area contributed by atoms with E-state index in [1.165, 1.54) is 6.07 Å². The molecule has 2 unspecified atom stereocenters. The van der Waals surface area contributed by atoms with Gasteiger partial charge in [-0.3, -0.25) is 9.59 Å². The Morgan fingerprint density at radius 1 is 1.06 bits per heavy atom. The number of allylic oxidation sites excluding steroid dienone is 3. The minimum Gasteiger partial charge on any atom is -0.394 e. The maximum absolute atomic E-state index is 12.0. The number of primary amides is 2. The smallest absolute Gasteiger partial charge is 0.249 e. The highest BCUT2D eigenvalue weighted by Gasteiger charge is 2.53. The van der Waals surface area contributed by atoms with Crippen LogP contribution in [0, 0.1) is 12.3 Å². The van der Waals surface area contributed by atoms with Crippen LogP contribution in [-0.2, 0) is 4.74 Å². The molecule has 1 fully saturated rings. The van der Waals surface area contributed by atoms with Crippen LogP contribution in [-0.4, -0.2) is 69.4 Å². The SMILES string of the molecule is Cc1c(C(N)=O)cc(C(N)=O)cc1C1C=CC=CC1(C)[C@H]1O[C@H](CO)[C@@H](O)[C@H](O)[C@@H]1O. The molecule has 9 heteroatoms. The quantitative estimate of drug-likeness (QED) is 0.354. The zero-order valence-corrected chi connectivity index (χ0v) is 17.3. The summed E-state index contributed by atoms with van der Waals surface area (Å²) in [4.78, 5) is 23.9. The second-order valence-corrected chi connectivity index (χ2v) is 8.30. The van der Waals surface area contributed by atoms with Gasteiger partial charge in [-0.1, -0.05) is 31.2 Å². The zero-order chi connectivity index (χ0) is 23.1. The highest BCUT2D eigenvalue weighted by molar-refractivity contribution is 6.00. The maximum Gasteiger partial charge on any atom is 0.249 e. The van der Waals surface area contributed by atoms with Gasteiger partial charge in [-0.15, -0.1) is 0 Å². The molecule has 0 aromatic heterocycles. The number of aliphatic hydroxyl groups excluding tert-OH is 4. The van der Waals surface area contributed by atoms with Crippen LogP contribution in [0.1, 0.15) is 44.7 Å². The molecule has 1 aromatic rings. The second-order valence-electron chi connectivity index (χ2n) is 8.30. The van der Waals surface area contributed by atoms with Crippen LogP contribution in [0.3, 0.4) is 0 Å². The third-order valence-corrected chi connectivity index (χ3v) is 6.38. The molecule has 0 spiro atoms. The predicted octanol–water partition coefficient (Wildman–Crippen LogP) is -0.749. The van der Waals surface area contributed by atoms with Gasteiger partial charge in [-0.2, -0.15) is 0 Å². The van der Waals surface area contributed by atoms with E-state index in [2.05, 4.69) is 0 Å². The first-order chi connectivity index (χ1) is 14.5. The monoisotopic (exact) mass is 432 g/mol. The van der Waals surface area contributed by atoms with E-state index in [0.717, 1.165) is 0 Å². The Bertz CT molecular complexity index is 942. The van der Waals surface area contributed by atoms with Gasteiger partial charge in [0.2, 0.25) is 11.8 Å². The number of hydrogen-bond donors (Lipinski definition) is 6. The van der Waals surface area contributed by atoms with Gasteiger partial charge in [0.25, 0.3) is 0 Å². The van der Waals surface area contributed by atoms with Crippen LogP contribution in [0.2, 0.25) is 0 Å². The summed E-state index contributed by atoms with van der Waals surface area (Å²) in [7, 11) is 0. The maximum atomic E-state index is 12.0. The van der Waals surface area contributed by atoms with Crippen molar-refractivity contribution in [1.29, 1.82) is 0 Å². The van der Waals surface area contributed by atoms with E-state index in [1.807, 2.05) is 6.08 Å². The Kier molecular flexibility index (Phi) is 6.35. The lowest BCUT2D eigenvalue weighted by Crippen LogP contribution is -2.63. The highest BCUT2D eigenvalue weighted by Crippen LogP contribution is 2.48. The summed E-state index contributed by atoms with van der Waals surface area (Å²) >= 11 is 0. The van der Waals surface area contributed by atoms with E-state index in [1.54, 1.807) is 38.1 Å². The molecule has 7 atom stereocenters. The minimum atomic E-state index is -1.54. The van der Waals surface area contributed by atoms with Gasteiger partial charge in [-0.25, -0.2) is 0 Å². The summed E-state index contributed by atoms with van der Waals surface area (Å²) < 4.78 is 5.84. The molecule has 168 valence electrons. The molecule has 1 aliphatic heterocycles. The first kappa shape index (κ1) is 23.1. The zero-order valence-electron chi connectivity index (χ0n) is 17.3. The summed E-state index contributed by atoms with van der Waals surface area (Å²) in [5.74, 6) is -1.96. The third-order valence-electron chi connectivity index (χ3n) is 6.38. The summed E-state index contributed by atoms with van der Waals surface area (Å²) in [5, 5.41) is 40.8. The third kappa shape index (κ3) is 3.90. The lowest BCUT2D eigenvalue weighted by atomic mass is 9.64. The number of rotatable bonds is 5. The van der Waals surface area contributed by atoms with Gasteiger partial charge < -0.3 is 36.6 Å². The van der Waals surface area contributed by atoms with E-state index in [-0.39, 0.29) is 11.1 Å². The molecule has 8 N–H and O–H groups in total. The summed E-state index contributed by atoms with van der Waals surface area (Å²) in [6, 6.07) is 2.91. The topological polar surface area (TPSA) is 176 Å². The standard InChI is InChI=1S/C22H28N2O7/c1-10-12(7-11(20(23)29)8-13(10)21(24)30)14-5-3-4-6-22(14,2)19-18(28)17(27)16(26)15(9-25)31-19/h3-8,14-19,25-28H,9H2,1-2H3,(H2,23,29)(H2,24,30)/t14?,15-,16-,17+,18+,19+,22?/m1/s1. The Balaban J connectivity index is 2.15. The first-order valence-corrected chi connectivity index (χ1v) is 9.93. The van der Waals surface area contributed by atoms with Crippen molar-refractivity contribution in [1.82, 2.24) is 0 Å². The fraction of sp³-hybridized carbons (Fsp3) is 0.455. The van der Waals surface area contributed by atoms with Gasteiger partial charge in [0.05, 0.1) is 12.7 Å². The van der Waals surface area contributed by atoms with Crippen molar-refractivity contribution in [2.75, 3.05) is 6.61 Å². The fourth-order valence-electron chi connectivity index (χ4n) is 4.53. The van der Waals surface area contributed by atoms with Gasteiger partial charge in [-0.05, 0) is 30.2 Å². The lowest BCUT2D eigenvalue weighted by Gasteiger charge is -2.50. The number of benzene rings is 1. The van der Waals surface area contributed by atoms with Crippen LogP contribution in [0.25, 0.3) is 0 Å². The number of ether oxygens (including phenoxy) is 1. The normalized spacial score (nSPS) is 35.2. The molecule has 2 aliphatic rings. The van der Waals surface area contributed by atoms with Gasteiger partial charge >= 0.3 is 0 Å². The van der Waals surface area contributed by atoms with Gasteiger partial charge in [0, 0.05) is 22.5 Å². The van der Waals surface area contributed by atoms with Crippen molar-refractivity contribution in [3.05, 3.63) is 58.7 Å². The van der Waals surface area contributed by atoms with Gasteiger partial charge in [0.15, 0.2) is 0 Å². The van der Waals surface area contributed by atoms with E-state index in [9.17, 15) is 30.0 Å². The average Bonchev–Trinajstić information content (AvgIpc) is 2.72. The number of carbonyl (C=O) groups is 2. The number of aliphatic hydroxyl groups is 4. The second kappa shape index (κ2) is 8.52. The summed E-state index contributed by atoms with van der Waals surface area (Å²) in [5.41, 5.74) is 11.3. The number of nitrogens with two attached hydrogens (primary N) is 2. The Labute approximate surface area is 179 Å². The molecule has 1 saturated heterocycles. The van der Waals surface area contributed by atoms with Crippen LogP contribution in [0.4, 0.5) is 0 Å². The number of hydrogen-bond acceptors (Lipinski definition) is 7. The molecule has 9 nitrogen and oxygen atoms in total. The van der Waals surface area contributed by atoms with Crippen molar-refractivity contribution in [2.45, 2.75) is 50.3 Å². The van der Waals surface area contributed by atoms with Crippen molar-refractivity contribution < 1.29 is 34.8 Å². The fourth-order valence-corrected chi connectivity index (χ4v) is 4.53. The van der Waals surface area contributed by atoms with Crippen molar-refractivity contribution in [3.8, 4) is 0 Å². The average molecular weight is 432 g/mol. The first-order valence-electron chi connectivity index (χ1n) is 9.93. The van der Waals surface area contributed by atoms with Crippen LogP contribution in [0.5, 0.6) is 0 Å². The molecule has 0 bridgehead atoms. The Hall–Kier alpha value is -2.56. The number of amides is 2. The summed E-state index contributed by atoms with van der Waals surface area (Å²) in [6.07, 6.45) is 0.551. The summed E-state index contributed by atoms with van der Waals surface area (Å²) in [6.45, 7) is 2.93. The van der Waals surface area contributed by atoms with Crippen molar-refractivity contribution in [2.24, 2.45) is 16.9 Å². The molecule has 1 heterocycles. The van der Waals surface area contributed by atoms with Crippen molar-refractivity contribution in [3.63, 3.8) is 0 Å². The van der Waals surface area contributed by atoms with E-state index in [4.69, 9.17) is 16.2 Å². The predicted molar refractivity (Wildman–Crippen MR) is 111 cm³/mol. The van der Waals surface area contributed by atoms with Crippen LogP contribution >= 0.6 is 0 Å². The molecular formula is C22H28N2O7. The molecule has 1 aromatic carbocycles.